The molecule has 0 spiro atoms. The van der Waals surface area contributed by atoms with Gasteiger partial charge in [0.05, 0.1) is 5.56 Å². The number of aromatic nitrogens is 1. The van der Waals surface area contributed by atoms with Crippen molar-refractivity contribution in [2.24, 2.45) is 0 Å². The molecule has 90 valence electrons. The van der Waals surface area contributed by atoms with Crippen LogP contribution in [0, 0.1) is 11.3 Å². The van der Waals surface area contributed by atoms with Crippen LogP contribution in [0.5, 0.6) is 0 Å². The number of rotatable bonds is 4. The summed E-state index contributed by atoms with van der Waals surface area (Å²) in [6.07, 6.45) is 1.81. The number of nitrogens with one attached hydrogen (secondary N) is 1. The third kappa shape index (κ3) is 4.51. The first-order valence-corrected chi connectivity index (χ1v) is 5.29. The van der Waals surface area contributed by atoms with E-state index < -0.39 is 11.6 Å². The van der Waals surface area contributed by atoms with Crippen LogP contribution in [-0.2, 0) is 6.42 Å². The van der Waals surface area contributed by atoms with Gasteiger partial charge >= 0.3 is 6.09 Å². The largest absolute Gasteiger partial charge is 0.465 e. The molecule has 0 saturated heterocycles. The molecular formula is C12H15N3O2. The van der Waals surface area contributed by atoms with E-state index in [0.717, 1.165) is 5.69 Å². The molecule has 5 nitrogen and oxygen atoms in total. The second-order valence-electron chi connectivity index (χ2n) is 4.46. The highest BCUT2D eigenvalue weighted by Crippen LogP contribution is 2.12. The van der Waals surface area contributed by atoms with Crippen LogP contribution in [0.15, 0.2) is 18.3 Å². The number of hydrogen-bond donors (Lipinski definition) is 2. The maximum Gasteiger partial charge on any atom is 0.405 e. The van der Waals surface area contributed by atoms with E-state index in [1.165, 1.54) is 6.20 Å². The standard InChI is InChI=1S/C12H15N3O2/c1-12(2,15-11(16)17)6-5-10-4-3-9(7-13)8-14-10/h3-4,8,15H,5-6H2,1-2H3,(H,16,17). The Kier molecular flexibility index (Phi) is 4.05. The number of nitrogens with zero attached hydrogens (tertiary/aromatic N) is 2. The highest BCUT2D eigenvalue weighted by atomic mass is 16.4. The Morgan fingerprint density at radius 1 is 1.59 bits per heavy atom. The maximum atomic E-state index is 10.5. The van der Waals surface area contributed by atoms with Gasteiger partial charge in [0.1, 0.15) is 6.07 Å². The summed E-state index contributed by atoms with van der Waals surface area (Å²) < 4.78 is 0. The van der Waals surface area contributed by atoms with Crippen molar-refractivity contribution < 1.29 is 9.90 Å². The smallest absolute Gasteiger partial charge is 0.405 e. The lowest BCUT2D eigenvalue weighted by atomic mass is 9.97. The Morgan fingerprint density at radius 3 is 2.76 bits per heavy atom. The molecule has 2 N–H and O–H groups in total. The van der Waals surface area contributed by atoms with Gasteiger partial charge in [0, 0.05) is 17.4 Å². The average Bonchev–Trinajstić information content (AvgIpc) is 2.25. The van der Waals surface area contributed by atoms with Crippen LogP contribution in [0.4, 0.5) is 4.79 Å². The molecule has 0 aliphatic heterocycles. The van der Waals surface area contributed by atoms with Gasteiger partial charge in [-0.2, -0.15) is 5.26 Å². The quantitative estimate of drug-likeness (QED) is 0.832. The second kappa shape index (κ2) is 5.30. The van der Waals surface area contributed by atoms with E-state index in [0.29, 0.717) is 18.4 Å². The van der Waals surface area contributed by atoms with Crippen molar-refractivity contribution in [2.45, 2.75) is 32.2 Å². The summed E-state index contributed by atoms with van der Waals surface area (Å²) in [5, 5.41) is 19.7. The van der Waals surface area contributed by atoms with E-state index in [4.69, 9.17) is 10.4 Å². The fraction of sp³-hybridized carbons (Fsp3) is 0.417. The van der Waals surface area contributed by atoms with Crippen LogP contribution in [0.3, 0.4) is 0 Å². The minimum atomic E-state index is -1.03. The molecular weight excluding hydrogens is 218 g/mol. The van der Waals surface area contributed by atoms with E-state index in [-0.39, 0.29) is 0 Å². The maximum absolute atomic E-state index is 10.5. The summed E-state index contributed by atoms with van der Waals surface area (Å²) in [4.78, 5) is 14.7. The molecule has 1 aromatic heterocycles. The minimum absolute atomic E-state index is 0.485. The van der Waals surface area contributed by atoms with Gasteiger partial charge in [-0.3, -0.25) is 4.98 Å². The fourth-order valence-corrected chi connectivity index (χ4v) is 1.43. The summed E-state index contributed by atoms with van der Waals surface area (Å²) in [5.41, 5.74) is 0.891. The van der Waals surface area contributed by atoms with Gasteiger partial charge in [0.15, 0.2) is 0 Å². The zero-order valence-corrected chi connectivity index (χ0v) is 9.90. The van der Waals surface area contributed by atoms with Crippen molar-refractivity contribution in [1.29, 1.82) is 5.26 Å². The molecule has 0 fully saturated rings. The molecule has 1 aromatic rings. The van der Waals surface area contributed by atoms with Crippen molar-refractivity contribution in [3.05, 3.63) is 29.6 Å². The zero-order valence-electron chi connectivity index (χ0n) is 9.90. The lowest BCUT2D eigenvalue weighted by Gasteiger charge is -2.24. The molecule has 17 heavy (non-hydrogen) atoms. The first-order valence-electron chi connectivity index (χ1n) is 5.29. The molecule has 1 heterocycles. The number of carbonyl (C=O) groups is 1. The summed E-state index contributed by atoms with van der Waals surface area (Å²) in [5.74, 6) is 0. The third-order valence-corrected chi connectivity index (χ3v) is 2.41. The summed E-state index contributed by atoms with van der Waals surface area (Å²) in [6, 6.07) is 5.50. The summed E-state index contributed by atoms with van der Waals surface area (Å²) >= 11 is 0. The van der Waals surface area contributed by atoms with Gasteiger partial charge in [-0.05, 0) is 38.8 Å². The van der Waals surface area contributed by atoms with Gasteiger partial charge < -0.3 is 10.4 Å². The molecule has 0 aliphatic rings. The van der Waals surface area contributed by atoms with E-state index in [9.17, 15) is 4.79 Å². The van der Waals surface area contributed by atoms with Crippen LogP contribution in [0.25, 0.3) is 0 Å². The van der Waals surface area contributed by atoms with Crippen LogP contribution >= 0.6 is 0 Å². The normalized spacial score (nSPS) is 10.6. The Balaban J connectivity index is 2.55. The van der Waals surface area contributed by atoms with Crippen LogP contribution in [0.1, 0.15) is 31.5 Å². The molecule has 0 aliphatic carbocycles. The van der Waals surface area contributed by atoms with Crippen LogP contribution < -0.4 is 5.32 Å². The topological polar surface area (TPSA) is 86.0 Å². The lowest BCUT2D eigenvalue weighted by Crippen LogP contribution is -2.42. The Morgan fingerprint density at radius 2 is 2.29 bits per heavy atom. The van der Waals surface area contributed by atoms with Crippen LogP contribution in [0.2, 0.25) is 0 Å². The monoisotopic (exact) mass is 233 g/mol. The number of aryl methyl sites for hydroxylation is 1. The third-order valence-electron chi connectivity index (χ3n) is 2.41. The number of pyridine rings is 1. The summed E-state index contributed by atoms with van der Waals surface area (Å²) in [6.45, 7) is 3.65. The number of hydrogen-bond acceptors (Lipinski definition) is 3. The van der Waals surface area contributed by atoms with Crippen molar-refractivity contribution in [2.75, 3.05) is 0 Å². The van der Waals surface area contributed by atoms with Gasteiger partial charge in [-0.1, -0.05) is 0 Å². The molecule has 0 bridgehead atoms. The Hall–Kier alpha value is -2.09. The highest BCUT2D eigenvalue weighted by Gasteiger charge is 2.19. The van der Waals surface area contributed by atoms with Crippen molar-refractivity contribution >= 4 is 6.09 Å². The molecule has 0 saturated carbocycles. The van der Waals surface area contributed by atoms with E-state index in [2.05, 4.69) is 10.3 Å². The molecule has 0 unspecified atom stereocenters. The van der Waals surface area contributed by atoms with Gasteiger partial charge in [0.2, 0.25) is 0 Å². The average molecular weight is 233 g/mol. The van der Waals surface area contributed by atoms with E-state index in [1.54, 1.807) is 12.1 Å². The lowest BCUT2D eigenvalue weighted by molar-refractivity contribution is 0.180. The molecule has 0 aromatic carbocycles. The predicted octanol–water partition coefficient (Wildman–Crippen LogP) is 1.93. The first-order chi connectivity index (χ1) is 7.93. The molecule has 5 heteroatoms. The SMILES string of the molecule is CC(C)(CCc1ccc(C#N)cn1)NC(=O)O. The Labute approximate surface area is 100 Å². The highest BCUT2D eigenvalue weighted by molar-refractivity contribution is 5.65. The zero-order chi connectivity index (χ0) is 12.9. The van der Waals surface area contributed by atoms with Crippen LogP contribution in [-0.4, -0.2) is 21.7 Å². The molecule has 1 amide bonds. The molecule has 0 radical (unpaired) electrons. The van der Waals surface area contributed by atoms with Gasteiger partial charge in [-0.25, -0.2) is 4.79 Å². The van der Waals surface area contributed by atoms with E-state index in [1.807, 2.05) is 19.9 Å². The first kappa shape index (κ1) is 13.0. The fourth-order valence-electron chi connectivity index (χ4n) is 1.43. The number of carboxylic acid groups (broad SMARTS) is 1. The predicted molar refractivity (Wildman–Crippen MR) is 62.5 cm³/mol. The minimum Gasteiger partial charge on any atom is -0.465 e. The van der Waals surface area contributed by atoms with E-state index >= 15 is 0 Å². The van der Waals surface area contributed by atoms with Crippen molar-refractivity contribution in [1.82, 2.24) is 10.3 Å². The molecule has 0 atom stereocenters. The van der Waals surface area contributed by atoms with Crippen molar-refractivity contribution in [3.63, 3.8) is 0 Å². The number of amides is 1. The summed E-state index contributed by atoms with van der Waals surface area (Å²) in [7, 11) is 0. The second-order valence-corrected chi connectivity index (χ2v) is 4.46. The van der Waals surface area contributed by atoms with Gasteiger partial charge in [0.25, 0.3) is 0 Å². The van der Waals surface area contributed by atoms with Gasteiger partial charge in [-0.15, -0.1) is 0 Å². The number of nitriles is 1. The van der Waals surface area contributed by atoms with Crippen molar-refractivity contribution in [3.8, 4) is 6.07 Å². The Bertz CT molecular complexity index is 432. The molecule has 1 rings (SSSR count).